The minimum Gasteiger partial charge on any atom is -0.417 e. The smallest absolute Gasteiger partial charge is 0.388 e. The molecule has 1 heterocycles. The maximum atomic E-state index is 12.0. The average Bonchev–Trinajstić information content (AvgIpc) is 2.42. The molecule has 0 aliphatic carbocycles. The van der Waals surface area contributed by atoms with Crippen LogP contribution >= 0.6 is 0 Å². The fourth-order valence-electron chi connectivity index (χ4n) is 1.42. The van der Waals surface area contributed by atoms with Gasteiger partial charge in [0.1, 0.15) is 0 Å². The van der Waals surface area contributed by atoms with Gasteiger partial charge in [0.2, 0.25) is 5.88 Å². The minimum absolute atomic E-state index is 0.0258. The zero-order valence-corrected chi connectivity index (χ0v) is 11.6. The van der Waals surface area contributed by atoms with Crippen LogP contribution in [0.1, 0.15) is 12.5 Å². The lowest BCUT2D eigenvalue weighted by Gasteiger charge is -2.13. The van der Waals surface area contributed by atoms with Crippen LogP contribution in [0, 0.1) is 0 Å². The van der Waals surface area contributed by atoms with Gasteiger partial charge in [-0.25, -0.2) is 9.78 Å². The summed E-state index contributed by atoms with van der Waals surface area (Å²) in [5, 5.41) is 4.75. The Labute approximate surface area is 123 Å². The van der Waals surface area contributed by atoms with E-state index in [4.69, 9.17) is 0 Å². The Morgan fingerprint density at radius 3 is 2.64 bits per heavy atom. The first-order valence-corrected chi connectivity index (χ1v) is 6.22. The molecule has 0 aromatic carbocycles. The van der Waals surface area contributed by atoms with Gasteiger partial charge in [-0.1, -0.05) is 0 Å². The lowest BCUT2D eigenvalue weighted by atomic mass is 10.2. The molecule has 0 aliphatic heterocycles. The highest BCUT2D eigenvalue weighted by molar-refractivity contribution is 5.73. The number of nitrogens with zero attached hydrogens (tertiary/aromatic N) is 1. The minimum atomic E-state index is -2.99. The summed E-state index contributed by atoms with van der Waals surface area (Å²) in [5.74, 6) is -0.270. The van der Waals surface area contributed by atoms with E-state index >= 15 is 0 Å². The molecular formula is C12H15F4N3O3. The summed E-state index contributed by atoms with van der Waals surface area (Å²) < 4.78 is 56.1. The second kappa shape index (κ2) is 9.03. The highest BCUT2D eigenvalue weighted by atomic mass is 19.3. The predicted octanol–water partition coefficient (Wildman–Crippen LogP) is 2.11. The van der Waals surface area contributed by atoms with Gasteiger partial charge in [0, 0.05) is 25.4 Å². The van der Waals surface area contributed by atoms with Crippen LogP contribution in [0.5, 0.6) is 5.88 Å². The molecule has 0 bridgehead atoms. The van der Waals surface area contributed by atoms with Crippen LogP contribution in [-0.2, 0) is 11.3 Å². The summed E-state index contributed by atoms with van der Waals surface area (Å²) >= 11 is 0. The molecule has 0 unspecified atom stereocenters. The molecule has 22 heavy (non-hydrogen) atoms. The van der Waals surface area contributed by atoms with Crippen LogP contribution in [0.3, 0.4) is 0 Å². The van der Waals surface area contributed by atoms with Crippen molar-refractivity contribution in [1.29, 1.82) is 0 Å². The van der Waals surface area contributed by atoms with Crippen LogP contribution < -0.4 is 15.4 Å². The largest absolute Gasteiger partial charge is 0.417 e. The number of carbonyl (C=O) groups is 1. The highest BCUT2D eigenvalue weighted by Gasteiger charge is 2.11. The zero-order chi connectivity index (χ0) is 16.5. The van der Waals surface area contributed by atoms with Crippen molar-refractivity contribution in [3.05, 3.63) is 23.9 Å². The van der Waals surface area contributed by atoms with E-state index in [0.29, 0.717) is 5.56 Å². The third-order valence-electron chi connectivity index (χ3n) is 2.35. The quantitative estimate of drug-likeness (QED) is 0.718. The summed E-state index contributed by atoms with van der Waals surface area (Å²) in [5.41, 5.74) is 0.484. The Kier molecular flexibility index (Phi) is 7.37. The standard InChI is InChI=1S/C12H15F4N3O3/c1-7(21-10(13)14)5-18-12(20)19-6-8-2-3-17-9(4-8)22-11(15)16/h2-4,7,10-11H,5-6H2,1H3,(H2,18,19,20)/t7-/m0/s1. The van der Waals surface area contributed by atoms with Crippen molar-refractivity contribution in [3.63, 3.8) is 0 Å². The topological polar surface area (TPSA) is 72.5 Å². The molecule has 0 radical (unpaired) electrons. The van der Waals surface area contributed by atoms with E-state index in [9.17, 15) is 22.4 Å². The molecule has 1 atom stereocenters. The number of alkyl halides is 4. The number of amides is 2. The van der Waals surface area contributed by atoms with Gasteiger partial charge in [0.05, 0.1) is 6.10 Å². The molecule has 10 heteroatoms. The summed E-state index contributed by atoms with van der Waals surface area (Å²) in [6.07, 6.45) is 0.406. The Balaban J connectivity index is 2.34. The van der Waals surface area contributed by atoms with Gasteiger partial charge in [-0.2, -0.15) is 17.6 Å². The van der Waals surface area contributed by atoms with Gasteiger partial charge < -0.3 is 20.1 Å². The van der Waals surface area contributed by atoms with Crippen molar-refractivity contribution >= 4 is 6.03 Å². The molecular weight excluding hydrogens is 310 g/mol. The number of ether oxygens (including phenoxy) is 2. The summed E-state index contributed by atoms with van der Waals surface area (Å²) in [7, 11) is 0. The monoisotopic (exact) mass is 325 g/mol. The van der Waals surface area contributed by atoms with Gasteiger partial charge in [0.25, 0.3) is 0 Å². The number of hydrogen-bond acceptors (Lipinski definition) is 4. The Bertz CT molecular complexity index is 477. The molecule has 1 aromatic heterocycles. The number of aromatic nitrogens is 1. The lowest BCUT2D eigenvalue weighted by molar-refractivity contribution is -0.155. The van der Waals surface area contributed by atoms with Crippen molar-refractivity contribution in [2.75, 3.05) is 6.54 Å². The first kappa shape index (κ1) is 18.0. The average molecular weight is 325 g/mol. The first-order valence-electron chi connectivity index (χ1n) is 6.22. The molecule has 0 saturated heterocycles. The van der Waals surface area contributed by atoms with Gasteiger partial charge in [-0.15, -0.1) is 0 Å². The number of pyridine rings is 1. The van der Waals surface area contributed by atoms with Gasteiger partial charge >= 0.3 is 19.3 Å². The highest BCUT2D eigenvalue weighted by Crippen LogP contribution is 2.12. The van der Waals surface area contributed by atoms with Crippen molar-refractivity contribution in [2.24, 2.45) is 0 Å². The van der Waals surface area contributed by atoms with E-state index in [2.05, 4.69) is 25.1 Å². The molecule has 0 spiro atoms. The maximum Gasteiger partial charge on any atom is 0.388 e. The molecule has 1 rings (SSSR count). The van der Waals surface area contributed by atoms with Gasteiger partial charge in [-0.3, -0.25) is 0 Å². The van der Waals surface area contributed by atoms with E-state index in [1.54, 1.807) is 0 Å². The predicted molar refractivity (Wildman–Crippen MR) is 67.7 cm³/mol. The van der Waals surface area contributed by atoms with Crippen molar-refractivity contribution in [2.45, 2.75) is 32.8 Å². The number of hydrogen-bond donors (Lipinski definition) is 2. The molecule has 1 aromatic rings. The Morgan fingerprint density at radius 1 is 1.27 bits per heavy atom. The SMILES string of the molecule is C[C@@H](CNC(=O)NCc1ccnc(OC(F)F)c1)OC(F)F. The van der Waals surface area contributed by atoms with Crippen molar-refractivity contribution in [1.82, 2.24) is 15.6 Å². The van der Waals surface area contributed by atoms with Crippen molar-refractivity contribution < 1.29 is 31.8 Å². The van der Waals surface area contributed by atoms with E-state index in [-0.39, 0.29) is 19.0 Å². The van der Waals surface area contributed by atoms with Crippen LogP contribution in [0.25, 0.3) is 0 Å². The Hall–Kier alpha value is -2.10. The number of rotatable bonds is 8. The first-order chi connectivity index (χ1) is 10.4. The van der Waals surface area contributed by atoms with Crippen LogP contribution in [0.2, 0.25) is 0 Å². The summed E-state index contributed by atoms with van der Waals surface area (Å²) in [6.45, 7) is -4.60. The van der Waals surface area contributed by atoms with Gasteiger partial charge in [0.15, 0.2) is 0 Å². The van der Waals surface area contributed by atoms with E-state index in [1.807, 2.05) is 0 Å². The number of carbonyl (C=O) groups excluding carboxylic acids is 1. The van der Waals surface area contributed by atoms with Crippen LogP contribution in [0.15, 0.2) is 18.3 Å². The van der Waals surface area contributed by atoms with E-state index in [1.165, 1.54) is 25.3 Å². The molecule has 6 nitrogen and oxygen atoms in total. The summed E-state index contributed by atoms with van der Waals surface area (Å²) in [6, 6.07) is 2.13. The number of halogens is 4. The summed E-state index contributed by atoms with van der Waals surface area (Å²) in [4.78, 5) is 15.0. The molecule has 2 N–H and O–H groups in total. The maximum absolute atomic E-state index is 12.0. The zero-order valence-electron chi connectivity index (χ0n) is 11.6. The molecule has 0 fully saturated rings. The molecule has 0 saturated carbocycles. The van der Waals surface area contributed by atoms with Gasteiger partial charge in [-0.05, 0) is 18.6 Å². The fraction of sp³-hybridized carbons (Fsp3) is 0.500. The lowest BCUT2D eigenvalue weighted by Crippen LogP contribution is -2.39. The fourth-order valence-corrected chi connectivity index (χ4v) is 1.42. The normalized spacial score (nSPS) is 12.3. The van der Waals surface area contributed by atoms with E-state index < -0.39 is 25.4 Å². The number of urea groups is 1. The molecule has 124 valence electrons. The second-order valence-corrected chi connectivity index (χ2v) is 4.15. The number of nitrogens with one attached hydrogen (secondary N) is 2. The van der Waals surface area contributed by atoms with Crippen LogP contribution in [-0.4, -0.2) is 36.9 Å². The third kappa shape index (κ3) is 7.62. The van der Waals surface area contributed by atoms with Crippen LogP contribution in [0.4, 0.5) is 22.4 Å². The molecule has 0 aliphatic rings. The third-order valence-corrected chi connectivity index (χ3v) is 2.35. The van der Waals surface area contributed by atoms with Crippen molar-refractivity contribution in [3.8, 4) is 5.88 Å². The Morgan fingerprint density at radius 2 is 2.00 bits per heavy atom. The second-order valence-electron chi connectivity index (χ2n) is 4.15. The van der Waals surface area contributed by atoms with E-state index in [0.717, 1.165) is 0 Å². The molecule has 2 amide bonds.